The molecule has 136 valence electrons. The van der Waals surface area contributed by atoms with Crippen LogP contribution < -0.4 is 21.8 Å². The molecule has 2 heterocycles. The quantitative estimate of drug-likeness (QED) is 0.595. The molecule has 2 aromatic heterocycles. The SMILES string of the molecule is CC(C)(C)c1[nH]cnc1/C=c1\[nH]c(=O)/c(=C/c2ccccc2)[nH]c1=O.O. The van der Waals surface area contributed by atoms with Gasteiger partial charge in [-0.05, 0) is 17.7 Å². The fourth-order valence-corrected chi connectivity index (χ4v) is 2.56. The second kappa shape index (κ2) is 7.37. The fraction of sp³-hybridized carbons (Fsp3) is 0.211. The van der Waals surface area contributed by atoms with Crippen molar-refractivity contribution in [2.75, 3.05) is 0 Å². The lowest BCUT2D eigenvalue weighted by atomic mass is 9.90. The Hall–Kier alpha value is -3.19. The van der Waals surface area contributed by atoms with E-state index in [1.807, 2.05) is 51.1 Å². The molecular formula is C19H22N4O3. The first-order chi connectivity index (χ1) is 11.8. The Morgan fingerprint density at radius 2 is 1.50 bits per heavy atom. The number of aromatic nitrogens is 4. The summed E-state index contributed by atoms with van der Waals surface area (Å²) in [7, 11) is 0. The molecule has 0 unspecified atom stereocenters. The maximum Gasteiger partial charge on any atom is 0.272 e. The van der Waals surface area contributed by atoms with E-state index in [9.17, 15) is 9.59 Å². The van der Waals surface area contributed by atoms with E-state index in [-0.39, 0.29) is 32.7 Å². The molecule has 0 aliphatic carbocycles. The third-order valence-electron chi connectivity index (χ3n) is 3.80. The summed E-state index contributed by atoms with van der Waals surface area (Å²) in [5.41, 5.74) is 1.48. The van der Waals surface area contributed by atoms with Crippen molar-refractivity contribution in [1.82, 2.24) is 19.9 Å². The monoisotopic (exact) mass is 354 g/mol. The zero-order chi connectivity index (χ0) is 18.0. The minimum Gasteiger partial charge on any atom is -0.412 e. The van der Waals surface area contributed by atoms with E-state index in [1.165, 1.54) is 0 Å². The van der Waals surface area contributed by atoms with Gasteiger partial charge in [0.2, 0.25) is 0 Å². The molecule has 0 aliphatic rings. The van der Waals surface area contributed by atoms with E-state index in [2.05, 4.69) is 19.9 Å². The molecule has 0 spiro atoms. The molecule has 0 bridgehead atoms. The zero-order valence-corrected chi connectivity index (χ0v) is 14.9. The Morgan fingerprint density at radius 1 is 0.923 bits per heavy atom. The third kappa shape index (κ3) is 4.07. The Balaban J connectivity index is 0.00000243. The van der Waals surface area contributed by atoms with Crippen LogP contribution in [-0.2, 0) is 5.41 Å². The van der Waals surface area contributed by atoms with E-state index in [4.69, 9.17) is 0 Å². The van der Waals surface area contributed by atoms with Crippen LogP contribution in [0.5, 0.6) is 0 Å². The van der Waals surface area contributed by atoms with E-state index in [1.54, 1.807) is 18.5 Å². The van der Waals surface area contributed by atoms with Crippen LogP contribution in [0.25, 0.3) is 12.2 Å². The lowest BCUT2D eigenvalue weighted by Gasteiger charge is -2.16. The first-order valence-electron chi connectivity index (χ1n) is 7.99. The highest BCUT2D eigenvalue weighted by molar-refractivity contribution is 5.49. The van der Waals surface area contributed by atoms with Crippen molar-refractivity contribution >= 4 is 12.2 Å². The summed E-state index contributed by atoms with van der Waals surface area (Å²) in [5.74, 6) is 0. The van der Waals surface area contributed by atoms with Gasteiger partial charge in [0.25, 0.3) is 11.1 Å². The number of benzene rings is 1. The van der Waals surface area contributed by atoms with Crippen LogP contribution in [0.3, 0.4) is 0 Å². The van der Waals surface area contributed by atoms with Crippen molar-refractivity contribution in [3.63, 3.8) is 0 Å². The number of H-pyrrole nitrogens is 3. The normalized spacial score (nSPS) is 12.9. The van der Waals surface area contributed by atoms with Crippen molar-refractivity contribution in [2.45, 2.75) is 26.2 Å². The molecule has 0 amide bonds. The molecule has 7 heteroatoms. The van der Waals surface area contributed by atoms with Crippen LogP contribution in [0, 0.1) is 0 Å². The molecule has 0 saturated heterocycles. The lowest BCUT2D eigenvalue weighted by molar-refractivity contribution is 0.571. The van der Waals surface area contributed by atoms with Crippen LogP contribution in [0.1, 0.15) is 37.7 Å². The maximum atomic E-state index is 12.4. The van der Waals surface area contributed by atoms with Gasteiger partial charge in [0.05, 0.1) is 12.0 Å². The van der Waals surface area contributed by atoms with Gasteiger partial charge in [-0.2, -0.15) is 0 Å². The predicted molar refractivity (Wildman–Crippen MR) is 101 cm³/mol. The largest absolute Gasteiger partial charge is 0.412 e. The Morgan fingerprint density at radius 3 is 2.08 bits per heavy atom. The Kier molecular flexibility index (Phi) is 5.42. The average molecular weight is 354 g/mol. The third-order valence-corrected chi connectivity index (χ3v) is 3.80. The first-order valence-corrected chi connectivity index (χ1v) is 7.99. The van der Waals surface area contributed by atoms with Gasteiger partial charge in [0.15, 0.2) is 0 Å². The molecule has 0 radical (unpaired) electrons. The molecule has 0 fully saturated rings. The van der Waals surface area contributed by atoms with Crippen LogP contribution in [0.2, 0.25) is 0 Å². The van der Waals surface area contributed by atoms with E-state index in [0.717, 1.165) is 11.3 Å². The molecule has 0 saturated carbocycles. The van der Waals surface area contributed by atoms with Gasteiger partial charge in [-0.3, -0.25) is 9.59 Å². The van der Waals surface area contributed by atoms with Crippen molar-refractivity contribution in [3.05, 3.63) is 85.0 Å². The summed E-state index contributed by atoms with van der Waals surface area (Å²) in [6, 6.07) is 9.34. The Labute approximate surface area is 149 Å². The first kappa shape index (κ1) is 19.1. The highest BCUT2D eigenvalue weighted by Crippen LogP contribution is 2.22. The molecule has 7 nitrogen and oxygen atoms in total. The van der Waals surface area contributed by atoms with Gasteiger partial charge < -0.3 is 20.4 Å². The van der Waals surface area contributed by atoms with Crippen molar-refractivity contribution in [2.24, 2.45) is 0 Å². The smallest absolute Gasteiger partial charge is 0.272 e. The van der Waals surface area contributed by atoms with Crippen molar-refractivity contribution in [1.29, 1.82) is 0 Å². The molecule has 0 atom stereocenters. The van der Waals surface area contributed by atoms with Crippen LogP contribution in [0.15, 0.2) is 46.2 Å². The van der Waals surface area contributed by atoms with Gasteiger partial charge in [-0.15, -0.1) is 0 Å². The number of hydrogen-bond donors (Lipinski definition) is 3. The summed E-state index contributed by atoms with van der Waals surface area (Å²) in [4.78, 5) is 37.3. The lowest BCUT2D eigenvalue weighted by Crippen LogP contribution is -2.46. The molecule has 0 aliphatic heterocycles. The standard InChI is InChI=1S/C19H20N4O2.H2O/c1-19(2,3)16-13(20-11-21-16)10-15-18(25)22-14(17(24)23-15)9-12-7-5-4-6-8-12;/h4-11H,1-3H3,(H,20,21)(H,22,25)(H,23,24);1H2/b14-9-,15-10-;. The van der Waals surface area contributed by atoms with Gasteiger partial charge in [-0.25, -0.2) is 4.98 Å². The van der Waals surface area contributed by atoms with E-state index in [0.29, 0.717) is 5.69 Å². The van der Waals surface area contributed by atoms with Crippen molar-refractivity contribution in [3.8, 4) is 0 Å². The van der Waals surface area contributed by atoms with Crippen LogP contribution in [0.4, 0.5) is 0 Å². The Bertz CT molecular complexity index is 1120. The fourth-order valence-electron chi connectivity index (χ4n) is 2.56. The summed E-state index contributed by atoms with van der Waals surface area (Å²) < 4.78 is 0. The summed E-state index contributed by atoms with van der Waals surface area (Å²) in [5, 5.41) is 0.388. The number of rotatable bonds is 2. The number of aromatic amines is 3. The molecule has 26 heavy (non-hydrogen) atoms. The van der Waals surface area contributed by atoms with Crippen LogP contribution in [-0.4, -0.2) is 25.4 Å². The van der Waals surface area contributed by atoms with Crippen molar-refractivity contribution < 1.29 is 5.48 Å². The summed E-state index contributed by atoms with van der Waals surface area (Å²) in [6.07, 6.45) is 4.80. The molecular weight excluding hydrogens is 332 g/mol. The molecule has 5 N–H and O–H groups in total. The van der Waals surface area contributed by atoms with Gasteiger partial charge >= 0.3 is 0 Å². The number of nitrogens with one attached hydrogen (secondary N) is 3. The topological polar surface area (TPSA) is 126 Å². The number of imidazole rings is 1. The van der Waals surface area contributed by atoms with Crippen LogP contribution >= 0.6 is 0 Å². The van der Waals surface area contributed by atoms with Gasteiger partial charge in [0, 0.05) is 11.1 Å². The zero-order valence-electron chi connectivity index (χ0n) is 14.9. The summed E-state index contributed by atoms with van der Waals surface area (Å²) in [6.45, 7) is 6.13. The molecule has 1 aromatic carbocycles. The summed E-state index contributed by atoms with van der Waals surface area (Å²) >= 11 is 0. The van der Waals surface area contributed by atoms with E-state index >= 15 is 0 Å². The second-order valence-electron chi connectivity index (χ2n) is 6.85. The number of nitrogens with zero attached hydrogens (tertiary/aromatic N) is 1. The average Bonchev–Trinajstić information content (AvgIpc) is 3.02. The molecule has 3 aromatic rings. The number of hydrogen-bond acceptors (Lipinski definition) is 3. The highest BCUT2D eigenvalue weighted by Gasteiger charge is 2.19. The van der Waals surface area contributed by atoms with Gasteiger partial charge in [-0.1, -0.05) is 51.1 Å². The maximum absolute atomic E-state index is 12.4. The predicted octanol–water partition coefficient (Wildman–Crippen LogP) is -0.0833. The van der Waals surface area contributed by atoms with E-state index < -0.39 is 0 Å². The van der Waals surface area contributed by atoms with Gasteiger partial charge in [0.1, 0.15) is 10.7 Å². The molecule has 3 rings (SSSR count). The second-order valence-corrected chi connectivity index (χ2v) is 6.85. The minimum absolute atomic E-state index is 0. The minimum atomic E-state index is -0.371. The highest BCUT2D eigenvalue weighted by atomic mass is 16.1.